The summed E-state index contributed by atoms with van der Waals surface area (Å²) < 4.78 is 39.9. The molecule has 0 spiro atoms. The molecule has 1 aromatic carbocycles. The van der Waals surface area contributed by atoms with Gasteiger partial charge >= 0.3 is 0 Å². The Balaban J connectivity index is 1.59. The number of carbonyl (C=O) groups is 1. The van der Waals surface area contributed by atoms with E-state index < -0.39 is 23.0 Å². The second-order valence-electron chi connectivity index (χ2n) is 8.82. The minimum Gasteiger partial charge on any atom is -0.365 e. The molecule has 0 aliphatic heterocycles. The Bertz CT molecular complexity index is 1480. The molecule has 3 aromatic heterocycles. The Morgan fingerprint density at radius 1 is 1.31 bits per heavy atom. The number of pyridine rings is 2. The van der Waals surface area contributed by atoms with Crippen LogP contribution in [0, 0.1) is 11.7 Å². The van der Waals surface area contributed by atoms with Gasteiger partial charge in [-0.15, -0.1) is 0 Å². The molecule has 11 heteroatoms. The first kappa shape index (κ1) is 24.5. The molecule has 0 saturated heterocycles. The molecule has 1 saturated carbocycles. The number of benzene rings is 1. The molecule has 1 unspecified atom stereocenters. The van der Waals surface area contributed by atoms with Crippen LogP contribution in [0.5, 0.6) is 0 Å². The molecule has 4 aromatic rings. The minimum atomic E-state index is -2.34. The average molecular weight is 572 g/mol. The van der Waals surface area contributed by atoms with Crippen molar-refractivity contribution in [2.24, 2.45) is 11.7 Å². The summed E-state index contributed by atoms with van der Waals surface area (Å²) in [5.74, 6) is -0.536. The van der Waals surface area contributed by atoms with Crippen molar-refractivity contribution < 1.29 is 17.9 Å². The number of halogens is 2. The van der Waals surface area contributed by atoms with Gasteiger partial charge in [-0.3, -0.25) is 18.6 Å². The Morgan fingerprint density at radius 2 is 2.11 bits per heavy atom. The maximum atomic E-state index is 14.0. The first-order chi connectivity index (χ1) is 17.3. The first-order valence-electron chi connectivity index (χ1n) is 11.4. The topological polar surface area (TPSA) is 114 Å². The van der Waals surface area contributed by atoms with Crippen LogP contribution in [0.15, 0.2) is 59.5 Å². The predicted molar refractivity (Wildman–Crippen MR) is 139 cm³/mol. The number of fused-ring (bicyclic) bond motifs is 1. The quantitative estimate of drug-likeness (QED) is 0.286. The van der Waals surface area contributed by atoms with Crippen LogP contribution in [0.25, 0.3) is 16.8 Å². The lowest BCUT2D eigenvalue weighted by Gasteiger charge is -2.23. The number of anilines is 1. The highest BCUT2D eigenvalue weighted by Crippen LogP contribution is 2.37. The van der Waals surface area contributed by atoms with E-state index in [0.717, 1.165) is 18.4 Å². The highest BCUT2D eigenvalue weighted by Gasteiger charge is 2.28. The number of nitrogens with two attached hydrogens (primary N) is 1. The van der Waals surface area contributed by atoms with E-state index in [1.807, 2.05) is 6.07 Å². The van der Waals surface area contributed by atoms with Gasteiger partial charge in [0.15, 0.2) is 0 Å². The van der Waals surface area contributed by atoms with Crippen molar-refractivity contribution in [3.8, 4) is 11.3 Å². The molecule has 8 nitrogen and oxygen atoms in total. The van der Waals surface area contributed by atoms with Crippen LogP contribution in [0.3, 0.4) is 0 Å². The lowest BCUT2D eigenvalue weighted by Crippen LogP contribution is -2.29. The fraction of sp³-hybridized carbons (Fsp3) is 0.240. The number of rotatable bonds is 9. The summed E-state index contributed by atoms with van der Waals surface area (Å²) in [5, 5.41) is 4.60. The first-order valence-corrected chi connectivity index (χ1v) is 13.3. The monoisotopic (exact) mass is 571 g/mol. The highest BCUT2D eigenvalue weighted by atomic mass is 79.9. The summed E-state index contributed by atoms with van der Waals surface area (Å²) in [6.45, 7) is 0.173. The largest absolute Gasteiger partial charge is 0.365 e. The molecule has 186 valence electrons. The molecule has 1 amide bonds. The van der Waals surface area contributed by atoms with Gasteiger partial charge in [-0.25, -0.2) is 13.1 Å². The third-order valence-electron chi connectivity index (χ3n) is 6.26. The maximum absolute atomic E-state index is 14.0. The van der Waals surface area contributed by atoms with Gasteiger partial charge < -0.3 is 5.73 Å². The van der Waals surface area contributed by atoms with Gasteiger partial charge in [0, 0.05) is 24.5 Å². The van der Waals surface area contributed by atoms with Crippen LogP contribution in [-0.2, 0) is 24.1 Å². The van der Waals surface area contributed by atoms with Gasteiger partial charge in [-0.2, -0.15) is 5.10 Å². The standard InChI is InChI=1S/C25H23BrFN5O3S/c26-19-6-5-16(11-20(19)27)7-9-32(36(34)35)22-14-31-21(12-18(22)10-15-3-4-15)23(25(28)33)24(30-31)17-2-1-8-29-13-17/h1-2,5-6,8,11-15H,3-4,7,9-10H2,(H2,28,33)(H,34,35). The molecule has 0 radical (unpaired) electrons. The van der Waals surface area contributed by atoms with Crippen molar-refractivity contribution in [3.63, 3.8) is 0 Å². The number of hydrogen-bond donors (Lipinski definition) is 2. The molecule has 1 fully saturated rings. The molecule has 0 bridgehead atoms. The van der Waals surface area contributed by atoms with Crippen molar-refractivity contribution in [3.05, 3.63) is 82.0 Å². The van der Waals surface area contributed by atoms with Crippen LogP contribution in [0.2, 0.25) is 0 Å². The van der Waals surface area contributed by atoms with Crippen LogP contribution < -0.4 is 10.0 Å². The van der Waals surface area contributed by atoms with E-state index >= 15 is 0 Å². The normalized spacial score (nSPS) is 14.2. The molecule has 1 aliphatic carbocycles. The number of nitrogens with zero attached hydrogens (tertiary/aromatic N) is 4. The van der Waals surface area contributed by atoms with Gasteiger partial charge in [0.2, 0.25) is 0 Å². The van der Waals surface area contributed by atoms with Gasteiger partial charge in [-0.05, 0) is 89.0 Å². The van der Waals surface area contributed by atoms with Gasteiger partial charge in [0.25, 0.3) is 17.2 Å². The van der Waals surface area contributed by atoms with E-state index in [1.165, 1.54) is 14.9 Å². The summed E-state index contributed by atoms with van der Waals surface area (Å²) >= 11 is 0.804. The molecule has 5 rings (SSSR count). The lowest BCUT2D eigenvalue weighted by atomic mass is 10.0. The van der Waals surface area contributed by atoms with Crippen molar-refractivity contribution in [1.29, 1.82) is 0 Å². The van der Waals surface area contributed by atoms with Gasteiger partial charge in [0.05, 0.1) is 27.4 Å². The molecular weight excluding hydrogens is 549 g/mol. The SMILES string of the molecule is NC(=O)c1c(-c2cccnc2)nn2cc(N(CCc3ccc(Br)c(F)c3)S(=O)O)c(CC3CC3)cc12. The maximum Gasteiger partial charge on any atom is 0.261 e. The summed E-state index contributed by atoms with van der Waals surface area (Å²) in [5.41, 5.74) is 9.65. The zero-order valence-electron chi connectivity index (χ0n) is 19.1. The highest BCUT2D eigenvalue weighted by molar-refractivity contribution is 9.10. The fourth-order valence-electron chi connectivity index (χ4n) is 4.30. The van der Waals surface area contributed by atoms with Crippen molar-refractivity contribution in [1.82, 2.24) is 14.6 Å². The number of hydrogen-bond acceptors (Lipinski definition) is 4. The number of aromatic nitrogens is 3. The summed E-state index contributed by atoms with van der Waals surface area (Å²) in [7, 11) is 0. The van der Waals surface area contributed by atoms with Crippen LogP contribution >= 0.6 is 15.9 Å². The molecule has 3 heterocycles. The van der Waals surface area contributed by atoms with E-state index in [2.05, 4.69) is 26.0 Å². The number of carbonyl (C=O) groups excluding carboxylic acids is 1. The van der Waals surface area contributed by atoms with E-state index in [1.54, 1.807) is 42.9 Å². The third kappa shape index (κ3) is 5.04. The molecular formula is C25H23BrFN5O3S. The summed E-state index contributed by atoms with van der Waals surface area (Å²) in [6, 6.07) is 10.2. The Hall–Kier alpha value is -3.15. The molecule has 36 heavy (non-hydrogen) atoms. The van der Waals surface area contributed by atoms with Crippen LogP contribution in [0.1, 0.15) is 34.3 Å². The third-order valence-corrected chi connectivity index (χ3v) is 7.66. The second-order valence-corrected chi connectivity index (χ2v) is 10.6. The van der Waals surface area contributed by atoms with Crippen LogP contribution in [0.4, 0.5) is 10.1 Å². The fourth-order valence-corrected chi connectivity index (χ4v) is 5.13. The van der Waals surface area contributed by atoms with E-state index in [-0.39, 0.29) is 12.1 Å². The van der Waals surface area contributed by atoms with E-state index in [9.17, 15) is 17.9 Å². The van der Waals surface area contributed by atoms with Crippen LogP contribution in [-0.4, -0.2) is 35.8 Å². The van der Waals surface area contributed by atoms with Crippen molar-refractivity contribution in [2.75, 3.05) is 10.8 Å². The zero-order chi connectivity index (χ0) is 25.4. The summed E-state index contributed by atoms with van der Waals surface area (Å²) in [6.07, 6.45) is 8.09. The molecule has 1 atom stereocenters. The average Bonchev–Trinajstić information content (AvgIpc) is 3.59. The summed E-state index contributed by atoms with van der Waals surface area (Å²) in [4.78, 5) is 16.6. The van der Waals surface area contributed by atoms with E-state index in [4.69, 9.17) is 5.73 Å². The Kier molecular flexibility index (Phi) is 6.87. The predicted octanol–water partition coefficient (Wildman–Crippen LogP) is 4.54. The van der Waals surface area contributed by atoms with Gasteiger partial charge in [0.1, 0.15) is 11.5 Å². The van der Waals surface area contributed by atoms with Gasteiger partial charge in [-0.1, -0.05) is 6.07 Å². The smallest absolute Gasteiger partial charge is 0.261 e. The van der Waals surface area contributed by atoms with Crippen molar-refractivity contribution >= 4 is 44.3 Å². The number of amides is 1. The zero-order valence-corrected chi connectivity index (χ0v) is 21.5. The Labute approximate surface area is 217 Å². The molecule has 1 aliphatic rings. The van der Waals surface area contributed by atoms with Crippen molar-refractivity contribution in [2.45, 2.75) is 25.7 Å². The minimum absolute atomic E-state index is 0.173. The lowest BCUT2D eigenvalue weighted by molar-refractivity contribution is 0.100. The number of primary amides is 1. The second kappa shape index (κ2) is 10.1. The van der Waals surface area contributed by atoms with E-state index in [0.29, 0.717) is 51.3 Å². The molecule has 3 N–H and O–H groups in total. The Morgan fingerprint density at radius 3 is 2.75 bits per heavy atom.